The van der Waals surface area contributed by atoms with Crippen LogP contribution in [-0.2, 0) is 0 Å². The maximum Gasteiger partial charge on any atom is 0.135 e. The fourth-order valence-corrected chi connectivity index (χ4v) is 9.93. The zero-order valence-electron chi connectivity index (χ0n) is 32.0. The quantitative estimate of drug-likeness (QED) is 0.164. The van der Waals surface area contributed by atoms with E-state index in [2.05, 4.69) is 206 Å². The van der Waals surface area contributed by atoms with Gasteiger partial charge in [0.15, 0.2) is 0 Å². The van der Waals surface area contributed by atoms with Crippen LogP contribution < -0.4 is 0 Å². The molecule has 0 saturated carbocycles. The first-order valence-corrected chi connectivity index (χ1v) is 20.4. The van der Waals surface area contributed by atoms with Crippen LogP contribution in [0, 0.1) is 0 Å². The summed E-state index contributed by atoms with van der Waals surface area (Å²) < 4.78 is 6.41. The minimum Gasteiger partial charge on any atom is -0.456 e. The van der Waals surface area contributed by atoms with Gasteiger partial charge in [-0.1, -0.05) is 158 Å². The summed E-state index contributed by atoms with van der Waals surface area (Å²) in [5.41, 5.74) is 9.03. The zero-order chi connectivity index (χ0) is 38.6. The average Bonchev–Trinajstić information content (AvgIpc) is 3.68. The largest absolute Gasteiger partial charge is 0.456 e. The second-order valence-corrected chi connectivity index (χ2v) is 16.0. The lowest BCUT2D eigenvalue weighted by Crippen LogP contribution is -1.87. The van der Waals surface area contributed by atoms with E-state index < -0.39 is 0 Å². The molecule has 12 aromatic carbocycles. The highest BCUT2D eigenvalue weighted by Crippen LogP contribution is 2.42. The molecule has 0 aliphatic carbocycles. The van der Waals surface area contributed by atoms with Gasteiger partial charge < -0.3 is 4.42 Å². The minimum atomic E-state index is 0.901. The van der Waals surface area contributed by atoms with E-state index in [0.717, 1.165) is 21.9 Å². The number of rotatable bonds is 3. The van der Waals surface area contributed by atoms with Gasteiger partial charge in [-0.3, -0.25) is 0 Å². The van der Waals surface area contributed by atoms with Crippen molar-refractivity contribution in [3.63, 3.8) is 0 Å². The topological polar surface area (TPSA) is 13.1 Å². The Bertz CT molecular complexity index is 3870. The van der Waals surface area contributed by atoms with Gasteiger partial charge in [-0.2, -0.15) is 0 Å². The van der Waals surface area contributed by atoms with E-state index in [0.29, 0.717) is 0 Å². The van der Waals surface area contributed by atoms with E-state index in [4.69, 9.17) is 4.42 Å². The number of furan rings is 1. The molecule has 0 fully saturated rings. The minimum absolute atomic E-state index is 0.901. The Labute approximate surface area is 340 Å². The molecule has 0 saturated heterocycles. The predicted molar refractivity (Wildman–Crippen MR) is 253 cm³/mol. The van der Waals surface area contributed by atoms with Gasteiger partial charge in [-0.05, 0) is 157 Å². The highest BCUT2D eigenvalue weighted by molar-refractivity contribution is 6.26. The molecule has 1 heteroatoms. The Hall–Kier alpha value is -7.74. The molecule has 13 aromatic rings. The maximum absolute atomic E-state index is 6.41. The van der Waals surface area contributed by atoms with Crippen molar-refractivity contribution in [3.05, 3.63) is 206 Å². The van der Waals surface area contributed by atoms with Crippen molar-refractivity contribution in [2.75, 3.05) is 0 Å². The summed E-state index contributed by atoms with van der Waals surface area (Å²) >= 11 is 0. The van der Waals surface area contributed by atoms with Gasteiger partial charge in [0.2, 0.25) is 0 Å². The molecule has 1 heterocycles. The van der Waals surface area contributed by atoms with Gasteiger partial charge in [0, 0.05) is 10.8 Å². The molecule has 13 rings (SSSR count). The third kappa shape index (κ3) is 4.92. The molecule has 0 unspecified atom stereocenters. The summed E-state index contributed by atoms with van der Waals surface area (Å²) in [4.78, 5) is 0. The monoisotopic (exact) mass is 746 g/mol. The molecule has 59 heavy (non-hydrogen) atoms. The first-order valence-electron chi connectivity index (χ1n) is 20.4. The van der Waals surface area contributed by atoms with E-state index in [1.807, 2.05) is 0 Å². The smallest absolute Gasteiger partial charge is 0.135 e. The lowest BCUT2D eigenvalue weighted by molar-refractivity contribution is 0.669. The Morgan fingerprint density at radius 2 is 0.644 bits per heavy atom. The van der Waals surface area contributed by atoms with E-state index in [-0.39, 0.29) is 0 Å². The summed E-state index contributed by atoms with van der Waals surface area (Å²) in [6.07, 6.45) is 0. The molecule has 0 aliphatic heterocycles. The molecule has 1 nitrogen and oxygen atoms in total. The molecule has 0 radical (unpaired) electrons. The zero-order valence-corrected chi connectivity index (χ0v) is 32.0. The first kappa shape index (κ1) is 32.4. The molecule has 0 bridgehead atoms. The van der Waals surface area contributed by atoms with Gasteiger partial charge in [-0.15, -0.1) is 0 Å². The third-order valence-corrected chi connectivity index (χ3v) is 12.8. The van der Waals surface area contributed by atoms with Crippen LogP contribution >= 0.6 is 0 Å². The standard InChI is InChI=1S/C58H34O/c1-2-10-44-35(9-1)17-22-43-34-52(49-15-7-8-16-51(49)58(43)44)42-21-20-36-29-37(18-19-38(36)30-42)40-24-27-56-54(32-40)55-33-41(25-28-57(55)59-56)39-23-26-50-47-13-4-3-11-45(47)46-12-5-6-14-48(46)53(50)31-39/h1-34H. The van der Waals surface area contributed by atoms with Gasteiger partial charge in [0.05, 0.1) is 0 Å². The molecule has 0 spiro atoms. The Kier molecular flexibility index (Phi) is 6.79. The third-order valence-electron chi connectivity index (χ3n) is 12.8. The Morgan fingerprint density at radius 1 is 0.220 bits per heavy atom. The Balaban J connectivity index is 0.893. The van der Waals surface area contributed by atoms with Gasteiger partial charge >= 0.3 is 0 Å². The molecule has 0 amide bonds. The van der Waals surface area contributed by atoms with E-state index in [1.165, 1.54) is 109 Å². The summed E-state index contributed by atoms with van der Waals surface area (Å²) in [6.45, 7) is 0. The van der Waals surface area contributed by atoms with Crippen LogP contribution in [0.4, 0.5) is 0 Å². The fraction of sp³-hybridized carbons (Fsp3) is 0. The molecule has 0 N–H and O–H groups in total. The van der Waals surface area contributed by atoms with Gasteiger partial charge in [-0.25, -0.2) is 0 Å². The van der Waals surface area contributed by atoms with E-state index >= 15 is 0 Å². The molecular formula is C58H34O. The lowest BCUT2D eigenvalue weighted by Gasteiger charge is -2.14. The number of fused-ring (bicyclic) bond motifs is 15. The first-order chi connectivity index (χ1) is 29.2. The van der Waals surface area contributed by atoms with Crippen molar-refractivity contribution >= 4 is 97.3 Å². The fourth-order valence-electron chi connectivity index (χ4n) is 9.93. The molecular weight excluding hydrogens is 713 g/mol. The van der Waals surface area contributed by atoms with Crippen molar-refractivity contribution in [3.8, 4) is 33.4 Å². The second kappa shape index (κ2) is 12.4. The number of hydrogen-bond acceptors (Lipinski definition) is 1. The summed E-state index contributed by atoms with van der Waals surface area (Å²) in [5, 5.41) is 20.1. The normalized spacial score (nSPS) is 12.1. The van der Waals surface area contributed by atoms with Crippen LogP contribution in [0.25, 0.3) is 131 Å². The van der Waals surface area contributed by atoms with Gasteiger partial charge in [0.1, 0.15) is 11.2 Å². The van der Waals surface area contributed by atoms with Crippen molar-refractivity contribution in [2.45, 2.75) is 0 Å². The lowest BCUT2D eigenvalue weighted by atomic mass is 9.90. The Morgan fingerprint density at radius 3 is 1.31 bits per heavy atom. The number of hydrogen-bond donors (Lipinski definition) is 0. The van der Waals surface area contributed by atoms with Crippen molar-refractivity contribution in [1.82, 2.24) is 0 Å². The maximum atomic E-state index is 6.41. The predicted octanol–water partition coefficient (Wildman–Crippen LogP) is 16.7. The van der Waals surface area contributed by atoms with Crippen LogP contribution in [0.3, 0.4) is 0 Å². The molecule has 1 aromatic heterocycles. The van der Waals surface area contributed by atoms with Crippen LogP contribution in [0.1, 0.15) is 0 Å². The van der Waals surface area contributed by atoms with E-state index in [9.17, 15) is 0 Å². The SMILES string of the molecule is c1ccc2c(c1)ccc1cc(-c3ccc4cc(-c5ccc6oc7ccc(-c8ccc9c%10ccccc%10c%10ccccc%10c9c8)cc7c6c5)ccc4c3)c3ccccc3c12. The summed E-state index contributed by atoms with van der Waals surface area (Å²) in [6, 6.07) is 75.9. The summed E-state index contributed by atoms with van der Waals surface area (Å²) in [7, 11) is 0. The summed E-state index contributed by atoms with van der Waals surface area (Å²) in [5.74, 6) is 0. The van der Waals surface area contributed by atoms with Crippen LogP contribution in [0.5, 0.6) is 0 Å². The van der Waals surface area contributed by atoms with Crippen molar-refractivity contribution in [1.29, 1.82) is 0 Å². The highest BCUT2D eigenvalue weighted by Gasteiger charge is 2.15. The second-order valence-electron chi connectivity index (χ2n) is 16.0. The van der Waals surface area contributed by atoms with Crippen LogP contribution in [0.2, 0.25) is 0 Å². The van der Waals surface area contributed by atoms with Crippen molar-refractivity contribution in [2.24, 2.45) is 0 Å². The van der Waals surface area contributed by atoms with Crippen LogP contribution in [-0.4, -0.2) is 0 Å². The molecule has 0 atom stereocenters. The van der Waals surface area contributed by atoms with Crippen molar-refractivity contribution < 1.29 is 4.42 Å². The van der Waals surface area contributed by atoms with Gasteiger partial charge in [0.25, 0.3) is 0 Å². The van der Waals surface area contributed by atoms with Crippen LogP contribution in [0.15, 0.2) is 211 Å². The average molecular weight is 747 g/mol. The number of benzene rings is 12. The highest BCUT2D eigenvalue weighted by atomic mass is 16.3. The molecule has 0 aliphatic rings. The molecule has 272 valence electrons. The van der Waals surface area contributed by atoms with E-state index in [1.54, 1.807) is 0 Å².